The molecule has 0 bridgehead atoms. The van der Waals surface area contributed by atoms with Crippen molar-refractivity contribution in [2.24, 2.45) is 17.6 Å². The summed E-state index contributed by atoms with van der Waals surface area (Å²) in [5, 5.41) is 51.1. The Balaban J connectivity index is 1.87. The van der Waals surface area contributed by atoms with Crippen LogP contribution in [0.5, 0.6) is 5.75 Å². The predicted molar refractivity (Wildman–Crippen MR) is 154 cm³/mol. The molecule has 0 fully saturated rings. The zero-order chi connectivity index (χ0) is 31.6. The number of amides is 2. The third kappa shape index (κ3) is 4.80. The first kappa shape index (κ1) is 31.0. The van der Waals surface area contributed by atoms with Crippen LogP contribution in [-0.2, 0) is 20.8 Å². The number of allylic oxidation sites excluding steroid dienone is 1. The van der Waals surface area contributed by atoms with E-state index in [0.29, 0.717) is 11.3 Å². The summed E-state index contributed by atoms with van der Waals surface area (Å²) >= 11 is 0. The van der Waals surface area contributed by atoms with Crippen molar-refractivity contribution in [3.63, 3.8) is 0 Å². The topological polar surface area (TPSA) is 206 Å². The number of carbonyl (C=O) groups is 4. The Morgan fingerprint density at radius 3 is 2.26 bits per heavy atom. The summed E-state index contributed by atoms with van der Waals surface area (Å²) in [5.41, 5.74) is 1.96. The maximum Gasteiger partial charge on any atom is 0.255 e. The Bertz CT molecular complexity index is 1450. The molecule has 8 N–H and O–H groups in total. The molecular formula is C29H39N5O8. The summed E-state index contributed by atoms with van der Waals surface area (Å²) in [4.78, 5) is 55.6. The second kappa shape index (κ2) is 10.4. The van der Waals surface area contributed by atoms with Crippen LogP contribution in [-0.4, -0.2) is 101 Å². The van der Waals surface area contributed by atoms with E-state index in [1.165, 1.54) is 4.90 Å². The molecule has 0 unspecified atom stereocenters. The molecule has 0 heterocycles. The van der Waals surface area contributed by atoms with Gasteiger partial charge in [-0.05, 0) is 65.3 Å². The number of carbonyl (C=O) groups excluding carboxylic acids is 4. The van der Waals surface area contributed by atoms with Crippen molar-refractivity contribution in [3.8, 4) is 5.75 Å². The molecule has 4 rings (SSSR count). The van der Waals surface area contributed by atoms with Crippen molar-refractivity contribution in [1.29, 1.82) is 0 Å². The van der Waals surface area contributed by atoms with E-state index >= 15 is 0 Å². The number of aliphatic hydroxyl groups is 3. The number of nitrogens with zero attached hydrogens (tertiary/aromatic N) is 2. The second-order valence-corrected chi connectivity index (χ2v) is 12.7. The minimum Gasteiger partial charge on any atom is -0.510 e. The van der Waals surface area contributed by atoms with E-state index in [1.54, 1.807) is 39.2 Å². The Morgan fingerprint density at radius 1 is 1.12 bits per heavy atom. The van der Waals surface area contributed by atoms with E-state index in [4.69, 9.17) is 5.73 Å². The molecule has 13 heteroatoms. The number of phenolic OH excluding ortho intramolecular Hbond substituents is 1. The highest BCUT2D eigenvalue weighted by Crippen LogP contribution is 2.53. The number of ketones is 2. The third-order valence-electron chi connectivity index (χ3n) is 8.23. The standard InChI is InChI=1S/C29H39N5O8/c1-28(2,3)31-11-17(35)32-15-10-16(33(4)5)13-8-12-9-14-21(34(6)7)24(38)20(27(30)41)26(40)29(14,42)25(39)18(12)23(37)19(13)22(15)36/h10,12,14,21,31,36,38-39,42H,8-9,11H2,1-7H3,(H2,30,41)(H,32,35)/t12-,14-,21-,29-/m1/s1. The molecule has 3 aliphatic carbocycles. The van der Waals surface area contributed by atoms with Crippen LogP contribution in [0.25, 0.3) is 0 Å². The van der Waals surface area contributed by atoms with Crippen molar-refractivity contribution in [3.05, 3.63) is 39.9 Å². The highest BCUT2D eigenvalue weighted by atomic mass is 16.3. The molecule has 1 aromatic carbocycles. The lowest BCUT2D eigenvalue weighted by molar-refractivity contribution is -0.148. The minimum atomic E-state index is -2.73. The fraction of sp³-hybridized carbons (Fsp3) is 0.517. The molecule has 42 heavy (non-hydrogen) atoms. The van der Waals surface area contributed by atoms with Crippen molar-refractivity contribution in [2.45, 2.75) is 50.8 Å². The van der Waals surface area contributed by atoms with E-state index in [-0.39, 0.29) is 41.7 Å². The first-order valence-corrected chi connectivity index (χ1v) is 13.6. The van der Waals surface area contributed by atoms with Crippen LogP contribution < -0.4 is 21.3 Å². The van der Waals surface area contributed by atoms with Crippen LogP contribution in [0.4, 0.5) is 11.4 Å². The molecular weight excluding hydrogens is 546 g/mol. The minimum absolute atomic E-state index is 0.0175. The summed E-state index contributed by atoms with van der Waals surface area (Å²) in [5.74, 6) is -7.79. The Hall–Kier alpha value is -3.94. The van der Waals surface area contributed by atoms with Crippen LogP contribution >= 0.6 is 0 Å². The Labute approximate surface area is 243 Å². The molecule has 1 aromatic rings. The zero-order valence-electron chi connectivity index (χ0n) is 24.8. The summed E-state index contributed by atoms with van der Waals surface area (Å²) in [6.07, 6.45) is 0.117. The van der Waals surface area contributed by atoms with Gasteiger partial charge in [0.25, 0.3) is 5.91 Å². The predicted octanol–water partition coefficient (Wildman–Crippen LogP) is 0.513. The van der Waals surface area contributed by atoms with Crippen LogP contribution in [0.1, 0.15) is 43.1 Å². The lowest BCUT2D eigenvalue weighted by Crippen LogP contribution is -2.63. The number of rotatable bonds is 6. The van der Waals surface area contributed by atoms with E-state index < -0.39 is 69.7 Å². The molecule has 0 saturated heterocycles. The number of aliphatic hydroxyl groups excluding tert-OH is 2. The van der Waals surface area contributed by atoms with Gasteiger partial charge < -0.3 is 41.7 Å². The molecule has 0 aliphatic heterocycles. The zero-order valence-corrected chi connectivity index (χ0v) is 24.8. The first-order valence-electron chi connectivity index (χ1n) is 13.6. The van der Waals surface area contributed by atoms with Gasteiger partial charge in [0.05, 0.1) is 23.8 Å². The number of primary amides is 1. The van der Waals surface area contributed by atoms with Crippen LogP contribution in [0.2, 0.25) is 0 Å². The van der Waals surface area contributed by atoms with Gasteiger partial charge in [0.1, 0.15) is 17.1 Å². The van der Waals surface area contributed by atoms with Gasteiger partial charge in [-0.3, -0.25) is 24.1 Å². The number of benzene rings is 1. The average Bonchev–Trinajstić information content (AvgIpc) is 2.85. The number of Topliss-reactive ketones (excluding diaryl/α,β-unsaturated/α-hetero) is 2. The van der Waals surface area contributed by atoms with Gasteiger partial charge in [-0.1, -0.05) is 0 Å². The molecule has 0 saturated carbocycles. The summed E-state index contributed by atoms with van der Waals surface area (Å²) < 4.78 is 0. The van der Waals surface area contributed by atoms with Gasteiger partial charge in [-0.15, -0.1) is 0 Å². The number of aromatic hydroxyl groups is 1. The molecule has 0 aromatic heterocycles. The van der Waals surface area contributed by atoms with E-state index in [2.05, 4.69) is 10.6 Å². The van der Waals surface area contributed by atoms with Gasteiger partial charge in [-0.25, -0.2) is 0 Å². The smallest absolute Gasteiger partial charge is 0.255 e. The van der Waals surface area contributed by atoms with Gasteiger partial charge in [0, 0.05) is 36.8 Å². The van der Waals surface area contributed by atoms with Crippen LogP contribution in [0.15, 0.2) is 28.7 Å². The lowest BCUT2D eigenvalue weighted by Gasteiger charge is -2.50. The second-order valence-electron chi connectivity index (χ2n) is 12.7. The number of anilines is 2. The van der Waals surface area contributed by atoms with E-state index in [1.807, 2.05) is 20.8 Å². The number of fused-ring (bicyclic) bond motifs is 3. The van der Waals surface area contributed by atoms with Crippen LogP contribution in [0, 0.1) is 11.8 Å². The Kier molecular flexibility index (Phi) is 7.68. The average molecular weight is 586 g/mol. The summed E-state index contributed by atoms with van der Waals surface area (Å²) in [6, 6.07) is 0.487. The molecule has 0 spiro atoms. The fourth-order valence-electron chi connectivity index (χ4n) is 6.33. The van der Waals surface area contributed by atoms with Gasteiger partial charge in [-0.2, -0.15) is 0 Å². The normalized spacial score (nSPS) is 25.7. The quantitative estimate of drug-likeness (QED) is 0.181. The van der Waals surface area contributed by atoms with Gasteiger partial charge >= 0.3 is 0 Å². The molecule has 0 radical (unpaired) electrons. The SMILES string of the molecule is CN(C)c1cc(NC(=O)CNC(C)(C)C)c(O)c2c1C[C@@H]1C[C@@H]3[C@@H](N(C)C)C(O)=C(C(N)=O)C(=O)[C@]3(O)C(O)=C1C2=O. The van der Waals surface area contributed by atoms with Crippen molar-refractivity contribution in [2.75, 3.05) is 45.0 Å². The number of nitrogens with one attached hydrogen (secondary N) is 2. The molecule has 2 amide bonds. The van der Waals surface area contributed by atoms with E-state index in [9.17, 15) is 39.6 Å². The number of hydrogen-bond donors (Lipinski definition) is 7. The summed E-state index contributed by atoms with van der Waals surface area (Å²) in [6.45, 7) is 5.60. The van der Waals surface area contributed by atoms with Crippen molar-refractivity contribution >= 4 is 34.8 Å². The maximum absolute atomic E-state index is 14.1. The van der Waals surface area contributed by atoms with Gasteiger partial charge in [0.2, 0.25) is 11.7 Å². The third-order valence-corrected chi connectivity index (χ3v) is 8.23. The number of likely N-dealkylation sites (N-methyl/N-ethyl adjacent to an activating group) is 1. The van der Waals surface area contributed by atoms with Crippen molar-refractivity contribution < 1.29 is 39.6 Å². The lowest BCUT2D eigenvalue weighted by atomic mass is 9.58. The first-order chi connectivity index (χ1) is 19.3. The number of nitrogens with two attached hydrogens (primary N) is 1. The van der Waals surface area contributed by atoms with E-state index in [0.717, 1.165) is 0 Å². The highest BCUT2D eigenvalue weighted by Gasteiger charge is 2.63. The van der Waals surface area contributed by atoms with Gasteiger partial charge in [0.15, 0.2) is 17.1 Å². The highest BCUT2D eigenvalue weighted by molar-refractivity contribution is 6.25. The van der Waals surface area contributed by atoms with Crippen LogP contribution in [0.3, 0.4) is 0 Å². The maximum atomic E-state index is 14.1. The molecule has 3 aliphatic rings. The summed E-state index contributed by atoms with van der Waals surface area (Å²) in [7, 11) is 6.62. The molecule has 228 valence electrons. The molecule has 4 atom stereocenters. The monoisotopic (exact) mass is 585 g/mol. The Morgan fingerprint density at radius 2 is 1.74 bits per heavy atom. The molecule has 13 nitrogen and oxygen atoms in total. The van der Waals surface area contributed by atoms with Crippen molar-refractivity contribution in [1.82, 2.24) is 10.2 Å². The fourth-order valence-corrected chi connectivity index (χ4v) is 6.33. The number of phenols is 1. The number of hydrogen-bond acceptors (Lipinski definition) is 11. The largest absolute Gasteiger partial charge is 0.510 e.